The Morgan fingerprint density at radius 3 is 2.67 bits per heavy atom. The van der Waals surface area contributed by atoms with Crippen molar-refractivity contribution >= 4 is 5.82 Å². The number of anilines is 1. The van der Waals surface area contributed by atoms with E-state index in [2.05, 4.69) is 46.0 Å². The van der Waals surface area contributed by atoms with Gasteiger partial charge in [0.2, 0.25) is 5.88 Å². The van der Waals surface area contributed by atoms with Crippen LogP contribution >= 0.6 is 0 Å². The van der Waals surface area contributed by atoms with E-state index in [0.29, 0.717) is 23.3 Å². The van der Waals surface area contributed by atoms with E-state index in [4.69, 9.17) is 4.74 Å². The van der Waals surface area contributed by atoms with Crippen LogP contribution in [-0.2, 0) is 0 Å². The molecule has 0 saturated heterocycles. The third-order valence-corrected chi connectivity index (χ3v) is 2.97. The van der Waals surface area contributed by atoms with E-state index < -0.39 is 0 Å². The molecule has 0 unspecified atom stereocenters. The van der Waals surface area contributed by atoms with Crippen LogP contribution in [-0.4, -0.2) is 33.6 Å². The summed E-state index contributed by atoms with van der Waals surface area (Å²) in [7, 11) is 1.58. The van der Waals surface area contributed by atoms with Gasteiger partial charge in [-0.25, -0.2) is 19.9 Å². The van der Waals surface area contributed by atoms with Crippen LogP contribution in [0.4, 0.5) is 5.82 Å². The minimum atomic E-state index is 0.317. The Bertz CT molecular complexity index is 600. The van der Waals surface area contributed by atoms with Gasteiger partial charge in [0.1, 0.15) is 17.8 Å². The predicted molar refractivity (Wildman–Crippen MR) is 82.5 cm³/mol. The van der Waals surface area contributed by atoms with Crippen molar-refractivity contribution < 1.29 is 4.74 Å². The highest BCUT2D eigenvalue weighted by atomic mass is 16.5. The van der Waals surface area contributed by atoms with E-state index in [1.807, 2.05) is 6.07 Å². The third kappa shape index (κ3) is 3.87. The largest absolute Gasteiger partial charge is 0.481 e. The summed E-state index contributed by atoms with van der Waals surface area (Å²) in [5.74, 6) is 2.22. The summed E-state index contributed by atoms with van der Waals surface area (Å²) in [6.07, 6.45) is 2.50. The molecule has 0 aliphatic heterocycles. The van der Waals surface area contributed by atoms with Gasteiger partial charge in [-0.05, 0) is 12.3 Å². The topological polar surface area (TPSA) is 72.8 Å². The Balaban J connectivity index is 2.43. The van der Waals surface area contributed by atoms with E-state index in [1.54, 1.807) is 13.2 Å². The summed E-state index contributed by atoms with van der Waals surface area (Å²) < 4.78 is 5.13. The Labute approximate surface area is 125 Å². The van der Waals surface area contributed by atoms with Gasteiger partial charge in [-0.2, -0.15) is 0 Å². The highest BCUT2D eigenvalue weighted by Crippen LogP contribution is 2.22. The van der Waals surface area contributed by atoms with Crippen LogP contribution < -0.4 is 10.1 Å². The molecule has 2 rings (SSSR count). The second-order valence-corrected chi connectivity index (χ2v) is 5.03. The lowest BCUT2D eigenvalue weighted by Crippen LogP contribution is -2.07. The van der Waals surface area contributed by atoms with Gasteiger partial charge in [-0.1, -0.05) is 20.8 Å². The number of hydrogen-bond acceptors (Lipinski definition) is 6. The van der Waals surface area contributed by atoms with Crippen molar-refractivity contribution in [2.75, 3.05) is 19.0 Å². The molecule has 6 nitrogen and oxygen atoms in total. The first kappa shape index (κ1) is 15.2. The number of nitrogens with one attached hydrogen (secondary N) is 1. The molecule has 0 spiro atoms. The molecule has 21 heavy (non-hydrogen) atoms. The SMILES string of the molecule is CCCNc1cc(C(C)C)nc(-c2cc(OC)ncn2)n1. The number of methoxy groups -OCH3 is 1. The fourth-order valence-electron chi connectivity index (χ4n) is 1.79. The fraction of sp³-hybridized carbons (Fsp3) is 0.467. The minimum absolute atomic E-state index is 0.317. The second kappa shape index (κ2) is 6.97. The molecule has 2 aromatic rings. The van der Waals surface area contributed by atoms with Crippen molar-refractivity contribution in [1.29, 1.82) is 0 Å². The van der Waals surface area contributed by atoms with Crippen LogP contribution in [0.5, 0.6) is 5.88 Å². The molecule has 2 aromatic heterocycles. The molecular formula is C15H21N5O. The molecule has 0 aromatic carbocycles. The first-order valence-electron chi connectivity index (χ1n) is 7.13. The first-order valence-corrected chi connectivity index (χ1v) is 7.13. The number of ether oxygens (including phenoxy) is 1. The fourth-order valence-corrected chi connectivity index (χ4v) is 1.79. The maximum absolute atomic E-state index is 5.13. The molecule has 0 saturated carbocycles. The Morgan fingerprint density at radius 1 is 1.19 bits per heavy atom. The number of aromatic nitrogens is 4. The van der Waals surface area contributed by atoms with Gasteiger partial charge < -0.3 is 10.1 Å². The molecule has 0 aliphatic carbocycles. The van der Waals surface area contributed by atoms with Crippen molar-refractivity contribution in [3.8, 4) is 17.4 Å². The highest BCUT2D eigenvalue weighted by Gasteiger charge is 2.11. The summed E-state index contributed by atoms with van der Waals surface area (Å²) in [5, 5.41) is 3.30. The van der Waals surface area contributed by atoms with Crippen LogP contribution in [0.15, 0.2) is 18.5 Å². The average Bonchev–Trinajstić information content (AvgIpc) is 2.52. The van der Waals surface area contributed by atoms with Crippen LogP contribution in [0.3, 0.4) is 0 Å². The summed E-state index contributed by atoms with van der Waals surface area (Å²) in [6, 6.07) is 3.73. The van der Waals surface area contributed by atoms with Crippen molar-refractivity contribution in [3.63, 3.8) is 0 Å². The molecule has 0 amide bonds. The van der Waals surface area contributed by atoms with Crippen molar-refractivity contribution in [3.05, 3.63) is 24.2 Å². The standard InChI is InChI=1S/C15H21N5O/c1-5-6-16-13-7-11(10(2)3)19-15(20-13)12-8-14(21-4)18-9-17-12/h7-10H,5-6H2,1-4H3,(H,16,19,20). The van der Waals surface area contributed by atoms with Crippen LogP contribution in [0.1, 0.15) is 38.8 Å². The third-order valence-electron chi connectivity index (χ3n) is 2.97. The summed E-state index contributed by atoms with van der Waals surface area (Å²) in [4.78, 5) is 17.4. The number of nitrogens with zero attached hydrogens (tertiary/aromatic N) is 4. The highest BCUT2D eigenvalue weighted by molar-refractivity contribution is 5.54. The molecule has 1 N–H and O–H groups in total. The molecule has 112 valence electrons. The lowest BCUT2D eigenvalue weighted by molar-refractivity contribution is 0.397. The molecule has 0 radical (unpaired) electrons. The van der Waals surface area contributed by atoms with Crippen LogP contribution in [0.25, 0.3) is 11.5 Å². The lowest BCUT2D eigenvalue weighted by atomic mass is 10.1. The summed E-state index contributed by atoms with van der Waals surface area (Å²) >= 11 is 0. The van der Waals surface area contributed by atoms with Gasteiger partial charge in [-0.15, -0.1) is 0 Å². The van der Waals surface area contributed by atoms with E-state index in [9.17, 15) is 0 Å². The van der Waals surface area contributed by atoms with Gasteiger partial charge in [0.05, 0.1) is 7.11 Å². The van der Waals surface area contributed by atoms with E-state index >= 15 is 0 Å². The lowest BCUT2D eigenvalue weighted by Gasteiger charge is -2.11. The monoisotopic (exact) mass is 287 g/mol. The Kier molecular flexibility index (Phi) is 5.03. The number of hydrogen-bond donors (Lipinski definition) is 1. The van der Waals surface area contributed by atoms with E-state index in [-0.39, 0.29) is 0 Å². The summed E-state index contributed by atoms with van der Waals surface area (Å²) in [5.41, 5.74) is 1.64. The maximum atomic E-state index is 5.13. The maximum Gasteiger partial charge on any atom is 0.216 e. The molecule has 0 bridgehead atoms. The molecule has 0 aliphatic rings. The zero-order valence-corrected chi connectivity index (χ0v) is 12.9. The second-order valence-electron chi connectivity index (χ2n) is 5.03. The van der Waals surface area contributed by atoms with Gasteiger partial charge in [0.25, 0.3) is 0 Å². The first-order chi connectivity index (χ1) is 10.1. The minimum Gasteiger partial charge on any atom is -0.481 e. The zero-order chi connectivity index (χ0) is 15.2. The van der Waals surface area contributed by atoms with Crippen LogP contribution in [0.2, 0.25) is 0 Å². The van der Waals surface area contributed by atoms with Crippen molar-refractivity contribution in [2.45, 2.75) is 33.1 Å². The van der Waals surface area contributed by atoms with Gasteiger partial charge in [0, 0.05) is 24.4 Å². The van der Waals surface area contributed by atoms with Gasteiger partial charge in [-0.3, -0.25) is 0 Å². The quantitative estimate of drug-likeness (QED) is 0.880. The summed E-state index contributed by atoms with van der Waals surface area (Å²) in [6.45, 7) is 7.21. The van der Waals surface area contributed by atoms with Crippen molar-refractivity contribution in [2.24, 2.45) is 0 Å². The molecule has 0 fully saturated rings. The molecule has 6 heteroatoms. The average molecular weight is 287 g/mol. The Morgan fingerprint density at radius 2 is 2.00 bits per heavy atom. The van der Waals surface area contributed by atoms with E-state index in [0.717, 1.165) is 24.5 Å². The molecule has 2 heterocycles. The number of rotatable bonds is 6. The van der Waals surface area contributed by atoms with Gasteiger partial charge in [0.15, 0.2) is 5.82 Å². The molecule has 0 atom stereocenters. The Hall–Kier alpha value is -2.24. The predicted octanol–water partition coefficient (Wildman–Crippen LogP) is 2.89. The van der Waals surface area contributed by atoms with Crippen molar-refractivity contribution in [1.82, 2.24) is 19.9 Å². The normalized spacial score (nSPS) is 10.7. The smallest absolute Gasteiger partial charge is 0.216 e. The van der Waals surface area contributed by atoms with E-state index in [1.165, 1.54) is 6.33 Å². The van der Waals surface area contributed by atoms with Gasteiger partial charge >= 0.3 is 0 Å². The zero-order valence-electron chi connectivity index (χ0n) is 12.9. The molecular weight excluding hydrogens is 266 g/mol. The van der Waals surface area contributed by atoms with Crippen LogP contribution in [0, 0.1) is 0 Å².